The molecule has 1 heterocycles. The van der Waals surface area contributed by atoms with Crippen molar-refractivity contribution in [1.82, 2.24) is 9.99 Å². The van der Waals surface area contributed by atoms with Crippen LogP contribution in [0.25, 0.3) is 0 Å². The van der Waals surface area contributed by atoms with Gasteiger partial charge in [-0.3, -0.25) is 9.59 Å². The second-order valence-electron chi connectivity index (χ2n) is 2.54. The average Bonchev–Trinajstić information content (AvgIpc) is 2.15. The molecule has 0 fully saturated rings. The molecule has 0 atom stereocenters. The summed E-state index contributed by atoms with van der Waals surface area (Å²) in [6, 6.07) is 4.79. The molecular formula is C8H8BrN3O2. The number of rotatable bonds is 1. The third kappa shape index (κ3) is 2.36. The van der Waals surface area contributed by atoms with Gasteiger partial charge in [0.25, 0.3) is 5.91 Å². The first-order valence-electron chi connectivity index (χ1n) is 3.74. The number of amides is 2. The molecule has 0 saturated heterocycles. The Kier molecular flexibility index (Phi) is 3.32. The molecule has 0 aromatic carbocycles. The van der Waals surface area contributed by atoms with Gasteiger partial charge in [0.2, 0.25) is 5.91 Å². The maximum absolute atomic E-state index is 11.4. The molecule has 2 N–H and O–H groups in total. The molecule has 74 valence electrons. The Bertz CT molecular complexity index is 381. The molecule has 2 amide bonds. The lowest BCUT2D eigenvalue weighted by atomic mass is 10.3. The SMILES string of the molecule is CC(=O)N(N)C(=O)c1cccc(Br)n1. The molecule has 0 aliphatic carbocycles. The fraction of sp³-hybridized carbons (Fsp3) is 0.125. The second-order valence-corrected chi connectivity index (χ2v) is 3.35. The molecule has 1 aromatic rings. The average molecular weight is 258 g/mol. The third-order valence-corrected chi connectivity index (χ3v) is 1.93. The minimum absolute atomic E-state index is 0.122. The van der Waals surface area contributed by atoms with Gasteiger partial charge in [-0.2, -0.15) is 0 Å². The van der Waals surface area contributed by atoms with Crippen molar-refractivity contribution in [3.05, 3.63) is 28.5 Å². The first-order valence-corrected chi connectivity index (χ1v) is 4.54. The number of hydrogen-bond acceptors (Lipinski definition) is 4. The summed E-state index contributed by atoms with van der Waals surface area (Å²) in [6.45, 7) is 1.20. The minimum Gasteiger partial charge on any atom is -0.273 e. The van der Waals surface area contributed by atoms with E-state index in [2.05, 4.69) is 20.9 Å². The van der Waals surface area contributed by atoms with Gasteiger partial charge in [0.05, 0.1) is 0 Å². The molecule has 0 saturated carbocycles. The number of halogens is 1. The topological polar surface area (TPSA) is 76.3 Å². The molecular weight excluding hydrogens is 250 g/mol. The summed E-state index contributed by atoms with van der Waals surface area (Å²) in [7, 11) is 0. The summed E-state index contributed by atoms with van der Waals surface area (Å²) in [5.74, 6) is 4.06. The second kappa shape index (κ2) is 4.30. The van der Waals surface area contributed by atoms with E-state index >= 15 is 0 Å². The zero-order valence-corrected chi connectivity index (χ0v) is 8.98. The van der Waals surface area contributed by atoms with E-state index in [1.807, 2.05) is 0 Å². The van der Waals surface area contributed by atoms with E-state index in [4.69, 9.17) is 5.84 Å². The lowest BCUT2D eigenvalue weighted by Gasteiger charge is -2.10. The van der Waals surface area contributed by atoms with Gasteiger partial charge in [0.1, 0.15) is 10.3 Å². The third-order valence-electron chi connectivity index (χ3n) is 1.49. The maximum atomic E-state index is 11.4. The largest absolute Gasteiger partial charge is 0.293 e. The van der Waals surface area contributed by atoms with Crippen molar-refractivity contribution in [2.75, 3.05) is 0 Å². The van der Waals surface area contributed by atoms with Crippen molar-refractivity contribution in [3.8, 4) is 0 Å². The van der Waals surface area contributed by atoms with Gasteiger partial charge in [-0.1, -0.05) is 6.07 Å². The van der Waals surface area contributed by atoms with Gasteiger partial charge in [-0.15, -0.1) is 0 Å². The van der Waals surface area contributed by atoms with Crippen LogP contribution in [-0.2, 0) is 4.79 Å². The first-order chi connectivity index (χ1) is 6.52. The Morgan fingerprint density at radius 1 is 1.50 bits per heavy atom. The van der Waals surface area contributed by atoms with Crippen LogP contribution < -0.4 is 5.84 Å². The Morgan fingerprint density at radius 3 is 2.64 bits per heavy atom. The summed E-state index contributed by atoms with van der Waals surface area (Å²) in [4.78, 5) is 26.1. The van der Waals surface area contributed by atoms with Gasteiger partial charge < -0.3 is 0 Å². The van der Waals surface area contributed by atoms with E-state index in [0.717, 1.165) is 0 Å². The van der Waals surface area contributed by atoms with Crippen LogP contribution >= 0.6 is 15.9 Å². The number of pyridine rings is 1. The maximum Gasteiger partial charge on any atom is 0.293 e. The van der Waals surface area contributed by atoms with Crippen LogP contribution in [0.15, 0.2) is 22.8 Å². The van der Waals surface area contributed by atoms with Crippen molar-refractivity contribution >= 4 is 27.7 Å². The van der Waals surface area contributed by atoms with E-state index in [9.17, 15) is 9.59 Å². The molecule has 0 radical (unpaired) electrons. The van der Waals surface area contributed by atoms with E-state index in [0.29, 0.717) is 9.61 Å². The quantitative estimate of drug-likeness (QED) is 0.348. The van der Waals surface area contributed by atoms with Crippen LogP contribution in [-0.4, -0.2) is 21.8 Å². The summed E-state index contributed by atoms with van der Waals surface area (Å²) < 4.78 is 0.514. The zero-order valence-electron chi connectivity index (χ0n) is 7.40. The number of nitrogens with zero attached hydrogens (tertiary/aromatic N) is 2. The molecule has 1 rings (SSSR count). The number of nitrogens with two attached hydrogens (primary N) is 1. The summed E-state index contributed by atoms with van der Waals surface area (Å²) in [5, 5.41) is 0.523. The highest BCUT2D eigenvalue weighted by Crippen LogP contribution is 2.07. The fourth-order valence-electron chi connectivity index (χ4n) is 0.794. The normalized spacial score (nSPS) is 9.64. The van der Waals surface area contributed by atoms with Crippen LogP contribution in [0.2, 0.25) is 0 Å². The number of imide groups is 1. The molecule has 14 heavy (non-hydrogen) atoms. The molecule has 0 aliphatic heterocycles. The summed E-state index contributed by atoms with van der Waals surface area (Å²) in [6.07, 6.45) is 0. The Hall–Kier alpha value is -1.27. The first kappa shape index (κ1) is 10.8. The highest BCUT2D eigenvalue weighted by molar-refractivity contribution is 9.10. The molecule has 5 nitrogen and oxygen atoms in total. The van der Waals surface area contributed by atoms with Crippen molar-refractivity contribution in [3.63, 3.8) is 0 Å². The van der Waals surface area contributed by atoms with Crippen LogP contribution in [0.4, 0.5) is 0 Å². The van der Waals surface area contributed by atoms with E-state index in [-0.39, 0.29) is 5.69 Å². The molecule has 0 spiro atoms. The van der Waals surface area contributed by atoms with E-state index in [1.165, 1.54) is 13.0 Å². The Labute approximate surface area is 89.0 Å². The number of aromatic nitrogens is 1. The molecule has 1 aromatic heterocycles. The van der Waals surface area contributed by atoms with Crippen LogP contribution in [0.1, 0.15) is 17.4 Å². The number of hydrogen-bond donors (Lipinski definition) is 1. The highest BCUT2D eigenvalue weighted by atomic mass is 79.9. The van der Waals surface area contributed by atoms with Gasteiger partial charge in [0, 0.05) is 6.92 Å². The van der Waals surface area contributed by atoms with Crippen molar-refractivity contribution < 1.29 is 9.59 Å². The molecule has 0 bridgehead atoms. The zero-order chi connectivity index (χ0) is 10.7. The predicted molar refractivity (Wildman–Crippen MR) is 53.0 cm³/mol. The van der Waals surface area contributed by atoms with Gasteiger partial charge in [-0.25, -0.2) is 15.8 Å². The number of hydrazine groups is 1. The highest BCUT2D eigenvalue weighted by Gasteiger charge is 2.17. The van der Waals surface area contributed by atoms with Gasteiger partial charge in [0.15, 0.2) is 0 Å². The Morgan fingerprint density at radius 2 is 2.14 bits per heavy atom. The van der Waals surface area contributed by atoms with Crippen LogP contribution in [0.5, 0.6) is 0 Å². The fourth-order valence-corrected chi connectivity index (χ4v) is 1.14. The van der Waals surface area contributed by atoms with Crippen molar-refractivity contribution in [1.29, 1.82) is 0 Å². The van der Waals surface area contributed by atoms with Crippen molar-refractivity contribution in [2.45, 2.75) is 6.92 Å². The van der Waals surface area contributed by atoms with Gasteiger partial charge in [-0.05, 0) is 28.1 Å². The number of carbonyl (C=O) groups excluding carboxylic acids is 2. The van der Waals surface area contributed by atoms with Crippen molar-refractivity contribution in [2.24, 2.45) is 5.84 Å². The molecule has 0 unspecified atom stereocenters. The number of carbonyl (C=O) groups is 2. The van der Waals surface area contributed by atoms with E-state index < -0.39 is 11.8 Å². The smallest absolute Gasteiger partial charge is 0.273 e. The predicted octanol–water partition coefficient (Wildman–Crippen LogP) is 0.706. The Balaban J connectivity index is 2.95. The van der Waals surface area contributed by atoms with Crippen LogP contribution in [0.3, 0.4) is 0 Å². The molecule has 0 aliphatic rings. The lowest BCUT2D eigenvalue weighted by Crippen LogP contribution is -2.41. The summed E-state index contributed by atoms with van der Waals surface area (Å²) in [5.41, 5.74) is 0.122. The van der Waals surface area contributed by atoms with E-state index in [1.54, 1.807) is 12.1 Å². The standard InChI is InChI=1S/C8H8BrN3O2/c1-5(13)12(10)8(14)6-3-2-4-7(9)11-6/h2-4H,10H2,1H3. The molecule has 6 heteroatoms. The lowest BCUT2D eigenvalue weighted by molar-refractivity contribution is -0.126. The summed E-state index contributed by atoms with van der Waals surface area (Å²) >= 11 is 3.11. The van der Waals surface area contributed by atoms with Crippen LogP contribution in [0, 0.1) is 0 Å². The monoisotopic (exact) mass is 257 g/mol. The van der Waals surface area contributed by atoms with Gasteiger partial charge >= 0.3 is 0 Å². The minimum atomic E-state index is -0.626.